The number of rotatable bonds is 3. The van der Waals surface area contributed by atoms with E-state index in [1.54, 1.807) is 0 Å². The lowest BCUT2D eigenvalue weighted by Crippen LogP contribution is -2.57. The van der Waals surface area contributed by atoms with Gasteiger partial charge in [0, 0.05) is 0 Å². The fraction of sp³-hybridized carbons (Fsp3) is 0.429. The number of Topliss-reactive ketones (excluding diaryl/α,β-unsaturated/α-hetero) is 2. The smallest absolute Gasteiger partial charge is 0.325 e. The number of aliphatic carboxylic acids is 2. The van der Waals surface area contributed by atoms with Gasteiger partial charge in [0.25, 0.3) is 0 Å². The third-order valence-electron chi connectivity index (χ3n) is 2.05. The molecule has 1 fully saturated rings. The molecule has 2 N–H and O–H groups in total. The van der Waals surface area contributed by atoms with Gasteiger partial charge in [-0.05, 0) is 0 Å². The number of ketones is 2. The topological polar surface area (TPSA) is 109 Å². The van der Waals surface area contributed by atoms with Crippen LogP contribution in [0.15, 0.2) is 0 Å². The molecule has 0 bridgehead atoms. The van der Waals surface area contributed by atoms with Crippen molar-refractivity contribution < 1.29 is 29.4 Å². The van der Waals surface area contributed by atoms with Crippen molar-refractivity contribution in [3.8, 4) is 0 Å². The first-order valence-electron chi connectivity index (χ1n) is 3.43. The lowest BCUT2D eigenvalue weighted by Gasteiger charge is -2.32. The highest BCUT2D eigenvalue weighted by molar-refractivity contribution is 6.36. The summed E-state index contributed by atoms with van der Waals surface area (Å²) in [5.41, 5.74) is -2.30. The van der Waals surface area contributed by atoms with E-state index >= 15 is 0 Å². The van der Waals surface area contributed by atoms with Crippen LogP contribution in [-0.4, -0.2) is 33.7 Å². The first kappa shape index (κ1) is 9.37. The van der Waals surface area contributed by atoms with E-state index in [0.717, 1.165) is 0 Å². The molecule has 0 aliphatic heterocycles. The summed E-state index contributed by atoms with van der Waals surface area (Å²) in [6, 6.07) is 0. The van der Waals surface area contributed by atoms with Crippen molar-refractivity contribution in [3.05, 3.63) is 0 Å². The van der Waals surface area contributed by atoms with Crippen LogP contribution in [0, 0.1) is 5.41 Å². The SMILES string of the molecule is O=C(O)CC1(C(=O)O)C(=O)CC1=O. The molecule has 0 aromatic rings. The molecular formula is C7H6O6. The number of carbonyl (C=O) groups is 4. The van der Waals surface area contributed by atoms with Crippen molar-refractivity contribution in [2.75, 3.05) is 0 Å². The first-order valence-corrected chi connectivity index (χ1v) is 3.43. The molecule has 0 spiro atoms. The van der Waals surface area contributed by atoms with Crippen LogP contribution in [0.2, 0.25) is 0 Å². The molecule has 0 saturated heterocycles. The Morgan fingerprint density at radius 1 is 1.23 bits per heavy atom. The predicted octanol–water partition coefficient (Wildman–Crippen LogP) is -0.926. The van der Waals surface area contributed by atoms with E-state index in [2.05, 4.69) is 0 Å². The molecule has 1 rings (SSSR count). The van der Waals surface area contributed by atoms with Gasteiger partial charge in [-0.15, -0.1) is 0 Å². The van der Waals surface area contributed by atoms with E-state index in [4.69, 9.17) is 10.2 Å². The normalized spacial score (nSPS) is 19.4. The second kappa shape index (κ2) is 2.65. The highest BCUT2D eigenvalue weighted by Gasteiger charge is 2.61. The zero-order valence-electron chi connectivity index (χ0n) is 6.44. The van der Waals surface area contributed by atoms with Crippen molar-refractivity contribution in [2.24, 2.45) is 5.41 Å². The van der Waals surface area contributed by atoms with Crippen molar-refractivity contribution in [1.29, 1.82) is 0 Å². The predicted molar refractivity (Wildman–Crippen MR) is 37.0 cm³/mol. The molecule has 0 amide bonds. The third kappa shape index (κ3) is 1.10. The van der Waals surface area contributed by atoms with E-state index < -0.39 is 41.8 Å². The Kier molecular flexibility index (Phi) is 1.91. The number of hydrogen-bond donors (Lipinski definition) is 2. The van der Waals surface area contributed by atoms with Crippen LogP contribution >= 0.6 is 0 Å². The van der Waals surface area contributed by atoms with Gasteiger partial charge in [-0.2, -0.15) is 0 Å². The van der Waals surface area contributed by atoms with Crippen molar-refractivity contribution in [3.63, 3.8) is 0 Å². The Bertz CT molecular complexity index is 287. The van der Waals surface area contributed by atoms with Crippen LogP contribution in [-0.2, 0) is 19.2 Å². The molecule has 13 heavy (non-hydrogen) atoms. The highest BCUT2D eigenvalue weighted by Crippen LogP contribution is 2.37. The maximum atomic E-state index is 10.9. The summed E-state index contributed by atoms with van der Waals surface area (Å²) in [6.45, 7) is 0. The number of hydrogen-bond acceptors (Lipinski definition) is 4. The van der Waals surface area contributed by atoms with Crippen LogP contribution in [0.4, 0.5) is 0 Å². The zero-order valence-corrected chi connectivity index (χ0v) is 6.44. The number of carbonyl (C=O) groups excluding carboxylic acids is 2. The maximum Gasteiger partial charge on any atom is 0.325 e. The summed E-state index contributed by atoms with van der Waals surface area (Å²) in [4.78, 5) is 42.5. The Labute approximate surface area is 72.2 Å². The molecule has 0 radical (unpaired) electrons. The van der Waals surface area contributed by atoms with Crippen molar-refractivity contribution >= 4 is 23.5 Å². The second-order valence-electron chi connectivity index (χ2n) is 2.80. The lowest BCUT2D eigenvalue weighted by atomic mass is 9.64. The molecule has 0 heterocycles. The molecule has 6 nitrogen and oxygen atoms in total. The fourth-order valence-corrected chi connectivity index (χ4v) is 1.23. The molecular weight excluding hydrogens is 180 g/mol. The minimum absolute atomic E-state index is 0.473. The molecule has 0 aromatic carbocycles. The molecule has 0 atom stereocenters. The summed E-state index contributed by atoms with van der Waals surface area (Å²) >= 11 is 0. The monoisotopic (exact) mass is 186 g/mol. The van der Waals surface area contributed by atoms with Crippen LogP contribution in [0.25, 0.3) is 0 Å². The largest absolute Gasteiger partial charge is 0.481 e. The summed E-state index contributed by atoms with van der Waals surface area (Å²) in [5.74, 6) is -4.79. The van der Waals surface area contributed by atoms with Gasteiger partial charge in [0.15, 0.2) is 17.0 Å². The molecule has 1 saturated carbocycles. The molecule has 6 heteroatoms. The third-order valence-corrected chi connectivity index (χ3v) is 2.05. The minimum Gasteiger partial charge on any atom is -0.481 e. The average molecular weight is 186 g/mol. The summed E-state index contributed by atoms with van der Waals surface area (Å²) in [7, 11) is 0. The number of carboxylic acids is 2. The Balaban J connectivity index is 3.01. The van der Waals surface area contributed by atoms with Crippen LogP contribution in [0.1, 0.15) is 12.8 Å². The summed E-state index contributed by atoms with van der Waals surface area (Å²) in [6.07, 6.45) is -1.43. The Morgan fingerprint density at radius 2 is 1.69 bits per heavy atom. The summed E-state index contributed by atoms with van der Waals surface area (Å²) in [5, 5.41) is 16.9. The van der Waals surface area contributed by atoms with E-state index in [9.17, 15) is 19.2 Å². The van der Waals surface area contributed by atoms with Gasteiger partial charge in [-0.3, -0.25) is 19.2 Å². The van der Waals surface area contributed by atoms with Crippen LogP contribution in [0.5, 0.6) is 0 Å². The van der Waals surface area contributed by atoms with Crippen LogP contribution < -0.4 is 0 Å². The quantitative estimate of drug-likeness (QED) is 0.551. The highest BCUT2D eigenvalue weighted by atomic mass is 16.4. The Morgan fingerprint density at radius 3 is 1.85 bits per heavy atom. The van der Waals surface area contributed by atoms with E-state index in [0.29, 0.717) is 0 Å². The molecule has 1 aliphatic carbocycles. The van der Waals surface area contributed by atoms with Crippen molar-refractivity contribution in [2.45, 2.75) is 12.8 Å². The van der Waals surface area contributed by atoms with Gasteiger partial charge in [-0.25, -0.2) is 0 Å². The van der Waals surface area contributed by atoms with Gasteiger partial charge in [0.05, 0.1) is 12.8 Å². The molecule has 0 aromatic heterocycles. The van der Waals surface area contributed by atoms with Gasteiger partial charge in [0.2, 0.25) is 0 Å². The van der Waals surface area contributed by atoms with Gasteiger partial charge < -0.3 is 10.2 Å². The average Bonchev–Trinajstić information content (AvgIpc) is 1.99. The molecule has 1 aliphatic rings. The zero-order chi connectivity index (χ0) is 10.2. The van der Waals surface area contributed by atoms with Crippen LogP contribution in [0.3, 0.4) is 0 Å². The lowest BCUT2D eigenvalue weighted by molar-refractivity contribution is -0.172. The van der Waals surface area contributed by atoms with E-state index in [1.807, 2.05) is 0 Å². The minimum atomic E-state index is -2.30. The van der Waals surface area contributed by atoms with Crippen molar-refractivity contribution in [1.82, 2.24) is 0 Å². The molecule has 70 valence electrons. The first-order chi connectivity index (χ1) is 5.91. The Hall–Kier alpha value is -1.72. The maximum absolute atomic E-state index is 10.9. The fourth-order valence-electron chi connectivity index (χ4n) is 1.23. The standard InChI is InChI=1S/C7H6O6/c8-3-1-4(9)7(3,6(12)13)2-5(10)11/h1-2H2,(H,10,11)(H,12,13). The molecule has 0 unspecified atom stereocenters. The summed E-state index contributed by atoms with van der Waals surface area (Å²) < 4.78 is 0. The second-order valence-corrected chi connectivity index (χ2v) is 2.80. The van der Waals surface area contributed by atoms with Gasteiger partial charge in [-0.1, -0.05) is 0 Å². The number of carboxylic acid groups (broad SMARTS) is 2. The van der Waals surface area contributed by atoms with E-state index in [-0.39, 0.29) is 0 Å². The van der Waals surface area contributed by atoms with Gasteiger partial charge >= 0.3 is 11.9 Å². The van der Waals surface area contributed by atoms with E-state index in [1.165, 1.54) is 0 Å². The van der Waals surface area contributed by atoms with Gasteiger partial charge in [0.1, 0.15) is 0 Å².